The first-order valence-electron chi connectivity index (χ1n) is 7.41. The molecule has 112 valence electrons. The van der Waals surface area contributed by atoms with Crippen LogP contribution in [0.2, 0.25) is 0 Å². The van der Waals surface area contributed by atoms with Crippen molar-refractivity contribution in [2.45, 2.75) is 6.92 Å². The lowest BCUT2D eigenvalue weighted by atomic mass is 10.2. The van der Waals surface area contributed by atoms with Crippen LogP contribution in [-0.2, 0) is 0 Å². The van der Waals surface area contributed by atoms with Crippen molar-refractivity contribution in [3.05, 3.63) is 76.7 Å². The molecule has 0 fully saturated rings. The third-order valence-corrected chi connectivity index (χ3v) is 4.53. The molecule has 0 atom stereocenters. The van der Waals surface area contributed by atoms with Gasteiger partial charge in [-0.1, -0.05) is 23.8 Å². The number of aromatic nitrogens is 2. The van der Waals surface area contributed by atoms with Crippen LogP contribution in [0.25, 0.3) is 16.7 Å². The summed E-state index contributed by atoms with van der Waals surface area (Å²) in [6, 6.07) is 18.6. The second kappa shape index (κ2) is 5.82. The maximum absolute atomic E-state index is 4.53. The molecular weight excluding hydrogens is 302 g/mol. The molecule has 0 N–H and O–H groups in total. The number of hydrogen-bond acceptors (Lipinski definition) is 3. The van der Waals surface area contributed by atoms with E-state index in [2.05, 4.69) is 57.9 Å². The molecule has 0 radical (unpaired) electrons. The highest BCUT2D eigenvalue weighted by Crippen LogP contribution is 2.23. The van der Waals surface area contributed by atoms with E-state index in [1.54, 1.807) is 11.3 Å². The fourth-order valence-electron chi connectivity index (χ4n) is 2.50. The van der Waals surface area contributed by atoms with Crippen LogP contribution < -0.4 is 0 Å². The summed E-state index contributed by atoms with van der Waals surface area (Å²) in [6.45, 7) is 2.09. The Morgan fingerprint density at radius 1 is 1.09 bits per heavy atom. The highest BCUT2D eigenvalue weighted by molar-refractivity contribution is 7.11. The molecule has 0 amide bonds. The Labute approximate surface area is 138 Å². The summed E-state index contributed by atoms with van der Waals surface area (Å²) >= 11 is 1.68. The molecule has 23 heavy (non-hydrogen) atoms. The van der Waals surface area contributed by atoms with E-state index >= 15 is 0 Å². The lowest BCUT2D eigenvalue weighted by Gasteiger charge is -2.04. The Morgan fingerprint density at radius 3 is 2.74 bits per heavy atom. The van der Waals surface area contributed by atoms with Crippen LogP contribution >= 0.6 is 11.3 Å². The van der Waals surface area contributed by atoms with Gasteiger partial charge in [0.2, 0.25) is 0 Å². The molecule has 4 heteroatoms. The molecule has 0 aliphatic carbocycles. The van der Waals surface area contributed by atoms with E-state index in [0.29, 0.717) is 0 Å². The van der Waals surface area contributed by atoms with E-state index in [-0.39, 0.29) is 0 Å². The van der Waals surface area contributed by atoms with Crippen molar-refractivity contribution in [3.63, 3.8) is 0 Å². The zero-order chi connectivity index (χ0) is 15.6. The van der Waals surface area contributed by atoms with E-state index in [1.165, 1.54) is 5.56 Å². The maximum Gasteiger partial charge on any atom is 0.100 e. The normalized spacial score (nSPS) is 11.5. The minimum atomic E-state index is 0.917. The lowest BCUT2D eigenvalue weighted by molar-refractivity contribution is 1.09. The van der Waals surface area contributed by atoms with E-state index < -0.39 is 0 Å². The van der Waals surface area contributed by atoms with Crippen LogP contribution in [0, 0.1) is 6.92 Å². The first-order valence-corrected chi connectivity index (χ1v) is 8.29. The Bertz CT molecular complexity index is 964. The first kappa shape index (κ1) is 13.9. The Balaban J connectivity index is 1.70. The van der Waals surface area contributed by atoms with E-state index in [1.807, 2.05) is 36.1 Å². The fourth-order valence-corrected chi connectivity index (χ4v) is 3.08. The lowest BCUT2D eigenvalue weighted by Crippen LogP contribution is -1.91. The topological polar surface area (TPSA) is 30.2 Å². The summed E-state index contributed by atoms with van der Waals surface area (Å²) in [5.74, 6) is 0. The van der Waals surface area contributed by atoms with Crippen LogP contribution in [-0.4, -0.2) is 15.8 Å². The number of hydrogen-bond donors (Lipinski definition) is 0. The molecule has 4 rings (SSSR count). The third-order valence-electron chi connectivity index (χ3n) is 3.73. The third kappa shape index (κ3) is 2.81. The van der Waals surface area contributed by atoms with Gasteiger partial charge in [-0.2, -0.15) is 0 Å². The van der Waals surface area contributed by atoms with E-state index in [0.717, 1.165) is 27.3 Å². The fraction of sp³-hybridized carbons (Fsp3) is 0.0526. The summed E-state index contributed by atoms with van der Waals surface area (Å²) in [6.07, 6.45) is 3.75. The van der Waals surface area contributed by atoms with Gasteiger partial charge in [-0.05, 0) is 48.7 Å². The second-order valence-corrected chi connectivity index (χ2v) is 6.38. The van der Waals surface area contributed by atoms with E-state index in [4.69, 9.17) is 0 Å². The van der Waals surface area contributed by atoms with Gasteiger partial charge in [-0.15, -0.1) is 11.3 Å². The van der Waals surface area contributed by atoms with Crippen LogP contribution in [0.1, 0.15) is 10.4 Å². The van der Waals surface area contributed by atoms with Gasteiger partial charge in [-0.3, -0.25) is 9.56 Å². The predicted octanol–water partition coefficient (Wildman–Crippen LogP) is 5.15. The van der Waals surface area contributed by atoms with Crippen molar-refractivity contribution in [2.75, 3.05) is 0 Å². The van der Waals surface area contributed by atoms with Gasteiger partial charge in [0.15, 0.2) is 0 Å². The molecule has 0 saturated heterocycles. The zero-order valence-electron chi connectivity index (χ0n) is 12.7. The van der Waals surface area contributed by atoms with Gasteiger partial charge in [0.05, 0.1) is 16.7 Å². The van der Waals surface area contributed by atoms with Crippen molar-refractivity contribution in [3.8, 4) is 5.69 Å². The Kier molecular flexibility index (Phi) is 3.52. The number of nitrogens with zero attached hydrogens (tertiary/aromatic N) is 3. The number of imidazole rings is 1. The highest BCUT2D eigenvalue weighted by atomic mass is 32.1. The summed E-state index contributed by atoms with van der Waals surface area (Å²) < 4.78 is 2.10. The van der Waals surface area contributed by atoms with Crippen LogP contribution in [0.3, 0.4) is 0 Å². The summed E-state index contributed by atoms with van der Waals surface area (Å²) in [5.41, 5.74) is 5.33. The van der Waals surface area contributed by atoms with Crippen molar-refractivity contribution in [1.29, 1.82) is 0 Å². The van der Waals surface area contributed by atoms with Crippen LogP contribution in [0.4, 0.5) is 5.69 Å². The smallest absolute Gasteiger partial charge is 0.100 e. The molecule has 2 aromatic carbocycles. The minimum Gasteiger partial charge on any atom is -0.299 e. The van der Waals surface area contributed by atoms with Crippen LogP contribution in [0.15, 0.2) is 71.3 Å². The van der Waals surface area contributed by atoms with Crippen molar-refractivity contribution < 1.29 is 0 Å². The van der Waals surface area contributed by atoms with Crippen molar-refractivity contribution >= 4 is 34.3 Å². The second-order valence-electron chi connectivity index (χ2n) is 5.40. The van der Waals surface area contributed by atoms with Crippen LogP contribution in [0.5, 0.6) is 0 Å². The van der Waals surface area contributed by atoms with Crippen molar-refractivity contribution in [2.24, 2.45) is 4.99 Å². The molecule has 0 unspecified atom stereocenters. The summed E-state index contributed by atoms with van der Waals surface area (Å²) in [5, 5.41) is 2.05. The summed E-state index contributed by atoms with van der Waals surface area (Å²) in [4.78, 5) is 10.2. The number of fused-ring (bicyclic) bond motifs is 1. The molecule has 2 aromatic heterocycles. The van der Waals surface area contributed by atoms with Gasteiger partial charge >= 0.3 is 0 Å². The highest BCUT2D eigenvalue weighted by Gasteiger charge is 2.05. The number of thiophene rings is 1. The number of aliphatic imine (C=N–C) groups is 1. The molecule has 4 aromatic rings. The first-order chi connectivity index (χ1) is 11.3. The monoisotopic (exact) mass is 317 g/mol. The quantitative estimate of drug-likeness (QED) is 0.481. The number of rotatable bonds is 3. The zero-order valence-corrected chi connectivity index (χ0v) is 13.5. The molecule has 0 spiro atoms. The van der Waals surface area contributed by atoms with Gasteiger partial charge in [0.1, 0.15) is 6.33 Å². The minimum absolute atomic E-state index is 0.917. The predicted molar refractivity (Wildman–Crippen MR) is 97.4 cm³/mol. The molecule has 0 aliphatic rings. The molecule has 3 nitrogen and oxygen atoms in total. The molecule has 0 saturated carbocycles. The van der Waals surface area contributed by atoms with Gasteiger partial charge in [-0.25, -0.2) is 4.98 Å². The van der Waals surface area contributed by atoms with Gasteiger partial charge in [0.25, 0.3) is 0 Å². The molecule has 0 aliphatic heterocycles. The molecular formula is C19H15N3S. The van der Waals surface area contributed by atoms with Gasteiger partial charge in [0, 0.05) is 16.8 Å². The Hall–Kier alpha value is -2.72. The number of benzene rings is 2. The summed E-state index contributed by atoms with van der Waals surface area (Å²) in [7, 11) is 0. The van der Waals surface area contributed by atoms with E-state index in [9.17, 15) is 0 Å². The largest absolute Gasteiger partial charge is 0.299 e. The Morgan fingerprint density at radius 2 is 1.96 bits per heavy atom. The number of aryl methyl sites for hydroxylation is 1. The van der Waals surface area contributed by atoms with Gasteiger partial charge < -0.3 is 0 Å². The average molecular weight is 317 g/mol. The van der Waals surface area contributed by atoms with Crippen molar-refractivity contribution in [1.82, 2.24) is 9.55 Å². The maximum atomic E-state index is 4.53. The average Bonchev–Trinajstić information content (AvgIpc) is 3.23. The molecule has 2 heterocycles. The molecule has 0 bridgehead atoms. The standard InChI is InChI=1S/C19H15N3S/c1-14-4-7-16(8-5-14)22-13-21-18-11-15(6-9-19(18)22)20-12-17-3-2-10-23-17/h2-13H,1H3. The SMILES string of the molecule is Cc1ccc(-n2cnc3cc(N=Cc4cccs4)ccc32)cc1.